The molecule has 2 aliphatic rings. The first kappa shape index (κ1) is 18.7. The van der Waals surface area contributed by atoms with Crippen LogP contribution in [0.1, 0.15) is 60.3 Å². The first-order valence-corrected chi connectivity index (χ1v) is 9.72. The molecule has 2 aliphatic heterocycles. The van der Waals surface area contributed by atoms with Gasteiger partial charge in [0.25, 0.3) is 0 Å². The second kappa shape index (κ2) is 8.48. The lowest BCUT2D eigenvalue weighted by Gasteiger charge is -2.44. The van der Waals surface area contributed by atoms with E-state index < -0.39 is 0 Å². The highest BCUT2D eigenvalue weighted by Crippen LogP contribution is 2.24. The predicted molar refractivity (Wildman–Crippen MR) is 96.6 cm³/mol. The van der Waals surface area contributed by atoms with Gasteiger partial charge in [-0.1, -0.05) is 13.8 Å². The Kier molecular flexibility index (Phi) is 6.90. The van der Waals surface area contributed by atoms with Crippen molar-refractivity contribution in [2.75, 3.05) is 32.7 Å². The van der Waals surface area contributed by atoms with Gasteiger partial charge in [-0.25, -0.2) is 0 Å². The van der Waals surface area contributed by atoms with Gasteiger partial charge >= 0.3 is 0 Å². The maximum Gasteiger partial charge on any atom is 0.225 e. The minimum atomic E-state index is 0.119. The summed E-state index contributed by atoms with van der Waals surface area (Å²) in [6.07, 6.45) is 4.92. The Morgan fingerprint density at radius 3 is 2.00 bits per heavy atom. The molecule has 1 amide bonds. The van der Waals surface area contributed by atoms with Crippen LogP contribution in [0.3, 0.4) is 0 Å². The summed E-state index contributed by atoms with van der Waals surface area (Å²) >= 11 is 0. The monoisotopic (exact) mass is 323 g/mol. The van der Waals surface area contributed by atoms with Gasteiger partial charge in [-0.2, -0.15) is 0 Å². The molecule has 2 saturated heterocycles. The molecule has 4 heteroatoms. The summed E-state index contributed by atoms with van der Waals surface area (Å²) in [5.41, 5.74) is 0. The highest BCUT2D eigenvalue weighted by molar-refractivity contribution is 5.78. The molecule has 0 aliphatic carbocycles. The fourth-order valence-electron chi connectivity index (χ4n) is 4.26. The normalized spacial score (nSPS) is 22.9. The van der Waals surface area contributed by atoms with Gasteiger partial charge in [0, 0.05) is 43.7 Å². The lowest BCUT2D eigenvalue weighted by molar-refractivity contribution is -0.137. The Bertz CT molecular complexity index is 367. The van der Waals surface area contributed by atoms with E-state index in [-0.39, 0.29) is 5.92 Å². The zero-order valence-corrected chi connectivity index (χ0v) is 15.9. The van der Waals surface area contributed by atoms with Gasteiger partial charge in [0.05, 0.1) is 0 Å². The lowest BCUT2D eigenvalue weighted by atomic mass is 9.96. The fraction of sp³-hybridized carbons (Fsp3) is 0.947. The van der Waals surface area contributed by atoms with Crippen LogP contribution in [0, 0.1) is 5.92 Å². The van der Waals surface area contributed by atoms with E-state index in [9.17, 15) is 4.79 Å². The van der Waals surface area contributed by atoms with E-state index in [0.29, 0.717) is 18.0 Å². The summed E-state index contributed by atoms with van der Waals surface area (Å²) in [6, 6.07) is 1.91. The maximum atomic E-state index is 12.4. The second-order valence-corrected chi connectivity index (χ2v) is 7.91. The van der Waals surface area contributed by atoms with E-state index >= 15 is 0 Å². The number of likely N-dealkylation sites (tertiary alicyclic amines) is 2. The van der Waals surface area contributed by atoms with Crippen LogP contribution in [0.2, 0.25) is 0 Å². The summed E-state index contributed by atoms with van der Waals surface area (Å²) in [7, 11) is 0. The Labute approximate surface area is 143 Å². The SMILES string of the molecule is CCN(C(=O)C(C)C)C1CCN(C2CCN(C(C)C)CC2)CC1. The Balaban J connectivity index is 1.81. The molecule has 0 saturated carbocycles. The first-order chi connectivity index (χ1) is 10.9. The van der Waals surface area contributed by atoms with Crippen LogP contribution in [-0.4, -0.2) is 71.5 Å². The summed E-state index contributed by atoms with van der Waals surface area (Å²) < 4.78 is 0. The van der Waals surface area contributed by atoms with Gasteiger partial charge in [-0.3, -0.25) is 4.79 Å². The topological polar surface area (TPSA) is 26.8 Å². The molecule has 134 valence electrons. The molecule has 2 heterocycles. The van der Waals surface area contributed by atoms with Gasteiger partial charge in [-0.05, 0) is 59.5 Å². The third-order valence-electron chi connectivity index (χ3n) is 5.80. The van der Waals surface area contributed by atoms with Crippen molar-refractivity contribution in [2.24, 2.45) is 5.92 Å². The number of nitrogens with zero attached hydrogens (tertiary/aromatic N) is 3. The Hall–Kier alpha value is -0.610. The van der Waals surface area contributed by atoms with Gasteiger partial charge in [-0.15, -0.1) is 0 Å². The Morgan fingerprint density at radius 1 is 1.00 bits per heavy atom. The lowest BCUT2D eigenvalue weighted by Crippen LogP contribution is -2.53. The molecule has 0 unspecified atom stereocenters. The summed E-state index contributed by atoms with van der Waals surface area (Å²) in [4.78, 5) is 19.8. The standard InChI is InChI=1S/C19H37N3O/c1-6-22(19(23)15(2)3)18-9-13-21(14-10-18)17-7-11-20(12-8-17)16(4)5/h15-18H,6-14H2,1-5H3. The van der Waals surface area contributed by atoms with Crippen molar-refractivity contribution in [3.05, 3.63) is 0 Å². The number of carbonyl (C=O) groups excluding carboxylic acids is 1. The smallest absolute Gasteiger partial charge is 0.225 e. The van der Waals surface area contributed by atoms with Crippen molar-refractivity contribution in [3.8, 4) is 0 Å². The van der Waals surface area contributed by atoms with Gasteiger partial charge in [0.15, 0.2) is 0 Å². The zero-order chi connectivity index (χ0) is 17.0. The minimum Gasteiger partial charge on any atom is -0.340 e. The minimum absolute atomic E-state index is 0.119. The maximum absolute atomic E-state index is 12.4. The van der Waals surface area contributed by atoms with E-state index in [0.717, 1.165) is 25.4 Å². The average molecular weight is 324 g/mol. The van der Waals surface area contributed by atoms with Crippen LogP contribution in [0.5, 0.6) is 0 Å². The van der Waals surface area contributed by atoms with Crippen LogP contribution in [0.4, 0.5) is 0 Å². The summed E-state index contributed by atoms with van der Waals surface area (Å²) in [5, 5.41) is 0. The summed E-state index contributed by atoms with van der Waals surface area (Å²) in [6.45, 7) is 16.4. The highest BCUT2D eigenvalue weighted by atomic mass is 16.2. The molecule has 0 N–H and O–H groups in total. The second-order valence-electron chi connectivity index (χ2n) is 7.91. The molecule has 0 atom stereocenters. The quantitative estimate of drug-likeness (QED) is 0.778. The number of piperidine rings is 2. The van der Waals surface area contributed by atoms with Crippen molar-refractivity contribution < 1.29 is 4.79 Å². The molecular formula is C19H37N3O. The zero-order valence-electron chi connectivity index (χ0n) is 15.9. The van der Waals surface area contributed by atoms with Crippen LogP contribution in [0.15, 0.2) is 0 Å². The number of carbonyl (C=O) groups is 1. The molecule has 0 radical (unpaired) electrons. The van der Waals surface area contributed by atoms with Crippen LogP contribution in [-0.2, 0) is 4.79 Å². The molecule has 23 heavy (non-hydrogen) atoms. The summed E-state index contributed by atoms with van der Waals surface area (Å²) in [5.74, 6) is 0.449. The predicted octanol–water partition coefficient (Wildman–Crippen LogP) is 2.83. The van der Waals surface area contributed by atoms with Crippen LogP contribution >= 0.6 is 0 Å². The van der Waals surface area contributed by atoms with Crippen molar-refractivity contribution in [1.82, 2.24) is 14.7 Å². The van der Waals surface area contributed by atoms with E-state index in [2.05, 4.69) is 35.5 Å². The number of rotatable bonds is 5. The molecule has 0 aromatic carbocycles. The molecular weight excluding hydrogens is 286 g/mol. The van der Waals surface area contributed by atoms with Crippen LogP contribution < -0.4 is 0 Å². The Morgan fingerprint density at radius 2 is 1.57 bits per heavy atom. The number of hydrogen-bond acceptors (Lipinski definition) is 3. The van der Waals surface area contributed by atoms with Crippen molar-refractivity contribution in [1.29, 1.82) is 0 Å². The van der Waals surface area contributed by atoms with E-state index in [1.54, 1.807) is 0 Å². The van der Waals surface area contributed by atoms with Gasteiger partial charge in [0.1, 0.15) is 0 Å². The molecule has 0 aromatic rings. The molecule has 0 bridgehead atoms. The molecule has 4 nitrogen and oxygen atoms in total. The third-order valence-corrected chi connectivity index (χ3v) is 5.80. The third kappa shape index (κ3) is 4.69. The van der Waals surface area contributed by atoms with Gasteiger partial charge < -0.3 is 14.7 Å². The largest absolute Gasteiger partial charge is 0.340 e. The first-order valence-electron chi connectivity index (χ1n) is 9.72. The fourth-order valence-corrected chi connectivity index (χ4v) is 4.26. The highest BCUT2D eigenvalue weighted by Gasteiger charge is 2.32. The molecule has 0 spiro atoms. The van der Waals surface area contributed by atoms with E-state index in [4.69, 9.17) is 0 Å². The van der Waals surface area contributed by atoms with Gasteiger partial charge in [0.2, 0.25) is 5.91 Å². The van der Waals surface area contributed by atoms with E-state index in [1.807, 2.05) is 13.8 Å². The number of amides is 1. The molecule has 2 rings (SSSR count). The number of hydrogen-bond donors (Lipinski definition) is 0. The average Bonchev–Trinajstić information content (AvgIpc) is 2.56. The van der Waals surface area contributed by atoms with E-state index in [1.165, 1.54) is 39.0 Å². The van der Waals surface area contributed by atoms with Crippen molar-refractivity contribution >= 4 is 5.91 Å². The van der Waals surface area contributed by atoms with Crippen LogP contribution in [0.25, 0.3) is 0 Å². The van der Waals surface area contributed by atoms with Crippen molar-refractivity contribution in [3.63, 3.8) is 0 Å². The van der Waals surface area contributed by atoms with Crippen molar-refractivity contribution in [2.45, 2.75) is 78.4 Å². The molecule has 2 fully saturated rings. The molecule has 0 aromatic heterocycles.